The fraction of sp³-hybridized carbons (Fsp3) is 0.250. The van der Waals surface area contributed by atoms with Crippen LogP contribution in [0.25, 0.3) is 5.65 Å². The average molecular weight is 231 g/mol. The summed E-state index contributed by atoms with van der Waals surface area (Å²) in [6, 6.07) is 0. The molecule has 0 spiro atoms. The number of aromatic nitrogens is 8. The van der Waals surface area contributed by atoms with E-state index in [0.29, 0.717) is 18.7 Å². The first-order valence-electron chi connectivity index (χ1n) is 5.03. The quantitative estimate of drug-likeness (QED) is 0.629. The minimum Gasteiger partial charge on any atom is -0.367 e. The highest BCUT2D eigenvalue weighted by atomic mass is 15.5. The minimum atomic E-state index is 0.607. The molecule has 0 bridgehead atoms. The Hall–Kier alpha value is -2.58. The van der Waals surface area contributed by atoms with Crippen LogP contribution in [0.1, 0.15) is 0 Å². The van der Waals surface area contributed by atoms with Crippen molar-refractivity contribution in [3.8, 4) is 0 Å². The maximum absolute atomic E-state index is 4.04. The van der Waals surface area contributed by atoms with E-state index < -0.39 is 0 Å². The van der Waals surface area contributed by atoms with Crippen LogP contribution in [0, 0.1) is 0 Å². The van der Waals surface area contributed by atoms with E-state index in [1.807, 2.05) is 0 Å². The number of rotatable bonds is 4. The van der Waals surface area contributed by atoms with Crippen LogP contribution >= 0.6 is 0 Å². The molecule has 9 heteroatoms. The van der Waals surface area contributed by atoms with Crippen molar-refractivity contribution in [2.45, 2.75) is 6.54 Å². The van der Waals surface area contributed by atoms with Crippen LogP contribution in [-0.4, -0.2) is 46.6 Å². The van der Waals surface area contributed by atoms with Crippen LogP contribution in [0.3, 0.4) is 0 Å². The molecule has 0 fully saturated rings. The minimum absolute atomic E-state index is 0.607. The highest BCUT2D eigenvalue weighted by Gasteiger charge is 2.02. The number of anilines is 1. The summed E-state index contributed by atoms with van der Waals surface area (Å²) < 4.78 is 3.33. The number of fused-ring (bicyclic) bond motifs is 1. The molecule has 0 aromatic carbocycles. The van der Waals surface area contributed by atoms with Crippen molar-refractivity contribution >= 4 is 11.5 Å². The van der Waals surface area contributed by atoms with Gasteiger partial charge < -0.3 is 5.32 Å². The second-order valence-corrected chi connectivity index (χ2v) is 3.33. The van der Waals surface area contributed by atoms with Gasteiger partial charge >= 0.3 is 0 Å². The first-order valence-corrected chi connectivity index (χ1v) is 5.03. The van der Waals surface area contributed by atoms with Gasteiger partial charge in [-0.3, -0.25) is 9.67 Å². The van der Waals surface area contributed by atoms with Gasteiger partial charge in [-0.1, -0.05) is 5.21 Å². The Kier molecular flexibility index (Phi) is 2.33. The molecule has 0 saturated carbocycles. The van der Waals surface area contributed by atoms with E-state index >= 15 is 0 Å². The fourth-order valence-corrected chi connectivity index (χ4v) is 1.45. The SMILES string of the molecule is c1cn(CCNc2cncc3nnnn23)nn1. The zero-order chi connectivity index (χ0) is 11.5. The van der Waals surface area contributed by atoms with Crippen molar-refractivity contribution in [2.75, 3.05) is 11.9 Å². The maximum Gasteiger partial charge on any atom is 0.199 e. The summed E-state index contributed by atoms with van der Waals surface area (Å²) in [5.74, 6) is 0.743. The Morgan fingerprint density at radius 3 is 3.12 bits per heavy atom. The summed E-state index contributed by atoms with van der Waals surface area (Å²) in [5, 5.41) is 22.0. The molecule has 0 aliphatic carbocycles. The topological polar surface area (TPSA) is 98.7 Å². The maximum atomic E-state index is 4.04. The summed E-state index contributed by atoms with van der Waals surface area (Å²) in [6.45, 7) is 1.39. The van der Waals surface area contributed by atoms with E-state index in [-0.39, 0.29) is 0 Å². The first-order chi connectivity index (χ1) is 8.43. The van der Waals surface area contributed by atoms with E-state index in [9.17, 15) is 0 Å². The summed E-state index contributed by atoms with van der Waals surface area (Å²) >= 11 is 0. The molecule has 17 heavy (non-hydrogen) atoms. The van der Waals surface area contributed by atoms with Crippen LogP contribution < -0.4 is 5.32 Å². The van der Waals surface area contributed by atoms with Gasteiger partial charge in [0, 0.05) is 12.7 Å². The molecule has 3 aromatic rings. The van der Waals surface area contributed by atoms with Gasteiger partial charge in [-0.05, 0) is 10.4 Å². The number of tetrazole rings is 1. The van der Waals surface area contributed by atoms with Crippen molar-refractivity contribution in [2.24, 2.45) is 0 Å². The number of hydrogen-bond donors (Lipinski definition) is 1. The Balaban J connectivity index is 1.70. The largest absolute Gasteiger partial charge is 0.367 e. The molecule has 0 aliphatic heterocycles. The summed E-state index contributed by atoms with van der Waals surface area (Å²) in [7, 11) is 0. The summed E-state index contributed by atoms with van der Waals surface area (Å²) in [4.78, 5) is 4.04. The highest BCUT2D eigenvalue weighted by molar-refractivity contribution is 5.43. The molecule has 1 N–H and O–H groups in total. The second kappa shape index (κ2) is 4.12. The van der Waals surface area contributed by atoms with Crippen molar-refractivity contribution in [1.29, 1.82) is 0 Å². The Morgan fingerprint density at radius 1 is 1.24 bits per heavy atom. The Morgan fingerprint density at radius 2 is 2.24 bits per heavy atom. The van der Waals surface area contributed by atoms with E-state index in [1.54, 1.807) is 34.0 Å². The van der Waals surface area contributed by atoms with Gasteiger partial charge in [-0.2, -0.15) is 4.52 Å². The van der Waals surface area contributed by atoms with E-state index in [2.05, 4.69) is 36.1 Å². The molecular weight excluding hydrogens is 222 g/mol. The van der Waals surface area contributed by atoms with E-state index in [0.717, 1.165) is 5.82 Å². The standard InChI is InChI=1S/C8H9N9/c1(3-16-4-2-11-14-16)10-7-5-9-6-8-12-13-15-17(7)8/h2,4-6,10H,1,3H2. The molecule has 3 aromatic heterocycles. The third-order valence-electron chi connectivity index (χ3n) is 2.23. The van der Waals surface area contributed by atoms with E-state index in [1.165, 1.54) is 0 Å². The highest BCUT2D eigenvalue weighted by Crippen LogP contribution is 2.04. The van der Waals surface area contributed by atoms with Crippen molar-refractivity contribution in [1.82, 2.24) is 40.0 Å². The fourth-order valence-electron chi connectivity index (χ4n) is 1.45. The molecule has 3 heterocycles. The predicted molar refractivity (Wildman–Crippen MR) is 57.1 cm³/mol. The molecule has 9 nitrogen and oxygen atoms in total. The molecule has 0 unspecified atom stereocenters. The van der Waals surface area contributed by atoms with Gasteiger partial charge in [0.05, 0.1) is 25.1 Å². The zero-order valence-corrected chi connectivity index (χ0v) is 8.80. The Bertz CT molecular complexity index is 598. The predicted octanol–water partition coefficient (Wildman–Crippen LogP) is -0.777. The lowest BCUT2D eigenvalue weighted by Gasteiger charge is -2.05. The third-order valence-corrected chi connectivity index (χ3v) is 2.23. The van der Waals surface area contributed by atoms with Gasteiger partial charge in [0.1, 0.15) is 5.82 Å². The smallest absolute Gasteiger partial charge is 0.199 e. The zero-order valence-electron chi connectivity index (χ0n) is 8.80. The molecule has 0 radical (unpaired) electrons. The van der Waals surface area contributed by atoms with Gasteiger partial charge in [-0.25, -0.2) is 0 Å². The van der Waals surface area contributed by atoms with Gasteiger partial charge in [0.15, 0.2) is 5.65 Å². The van der Waals surface area contributed by atoms with Gasteiger partial charge in [-0.15, -0.1) is 10.2 Å². The third kappa shape index (κ3) is 1.89. The monoisotopic (exact) mass is 231 g/mol. The van der Waals surface area contributed by atoms with Crippen LogP contribution in [0.5, 0.6) is 0 Å². The molecule has 0 aliphatic rings. The summed E-state index contributed by atoms with van der Waals surface area (Å²) in [6.07, 6.45) is 6.72. The summed E-state index contributed by atoms with van der Waals surface area (Å²) in [5.41, 5.74) is 0.607. The first kappa shape index (κ1) is 9.63. The normalized spacial score (nSPS) is 10.8. The molecule has 0 amide bonds. The lowest BCUT2D eigenvalue weighted by Crippen LogP contribution is -2.13. The Labute approximate surface area is 95.5 Å². The molecule has 3 rings (SSSR count). The van der Waals surface area contributed by atoms with E-state index in [4.69, 9.17) is 0 Å². The second-order valence-electron chi connectivity index (χ2n) is 3.33. The molecule has 0 atom stereocenters. The van der Waals surface area contributed by atoms with Gasteiger partial charge in [0.2, 0.25) is 0 Å². The van der Waals surface area contributed by atoms with Crippen LogP contribution in [0.4, 0.5) is 5.82 Å². The lowest BCUT2D eigenvalue weighted by atomic mass is 10.5. The van der Waals surface area contributed by atoms with Gasteiger partial charge in [0.25, 0.3) is 0 Å². The lowest BCUT2D eigenvalue weighted by molar-refractivity contribution is 0.607. The van der Waals surface area contributed by atoms with Crippen molar-refractivity contribution < 1.29 is 0 Å². The van der Waals surface area contributed by atoms with Crippen LogP contribution in [0.15, 0.2) is 24.8 Å². The van der Waals surface area contributed by atoms with Crippen molar-refractivity contribution in [3.05, 3.63) is 24.8 Å². The molecule has 86 valence electrons. The molecular formula is C8H9N9. The van der Waals surface area contributed by atoms with Crippen LogP contribution in [0.2, 0.25) is 0 Å². The van der Waals surface area contributed by atoms with Crippen LogP contribution in [-0.2, 0) is 6.54 Å². The number of hydrogen-bond acceptors (Lipinski definition) is 7. The average Bonchev–Trinajstić information content (AvgIpc) is 2.99. The molecule has 0 saturated heterocycles. The van der Waals surface area contributed by atoms with Crippen molar-refractivity contribution in [3.63, 3.8) is 0 Å². The number of nitrogens with zero attached hydrogens (tertiary/aromatic N) is 8. The number of nitrogens with one attached hydrogen (secondary N) is 1.